The molecule has 0 bridgehead atoms. The summed E-state index contributed by atoms with van der Waals surface area (Å²) in [5, 5.41) is 0.697. The highest BCUT2D eigenvalue weighted by Gasteiger charge is 1.99. The van der Waals surface area contributed by atoms with Gasteiger partial charge >= 0.3 is 0 Å². The van der Waals surface area contributed by atoms with Gasteiger partial charge in [-0.2, -0.15) is 0 Å². The lowest BCUT2D eigenvalue weighted by Crippen LogP contribution is -1.96. The molecule has 0 heterocycles. The summed E-state index contributed by atoms with van der Waals surface area (Å²) in [6.45, 7) is 4.79. The molecule has 0 unspecified atom stereocenters. The van der Waals surface area contributed by atoms with Crippen LogP contribution in [0, 0.1) is 13.8 Å². The Morgan fingerprint density at radius 3 is 2.53 bits per heavy atom. The SMILES string of the molecule is Cc1ccc(COc2cccc(Cl)c2)cc1C. The lowest BCUT2D eigenvalue weighted by molar-refractivity contribution is 0.306. The highest BCUT2D eigenvalue weighted by molar-refractivity contribution is 6.30. The summed E-state index contributed by atoms with van der Waals surface area (Å²) in [6.07, 6.45) is 0. The van der Waals surface area contributed by atoms with E-state index in [1.54, 1.807) is 0 Å². The number of halogens is 1. The number of rotatable bonds is 3. The summed E-state index contributed by atoms with van der Waals surface area (Å²) in [5.41, 5.74) is 3.77. The van der Waals surface area contributed by atoms with E-state index in [0.29, 0.717) is 11.6 Å². The Balaban J connectivity index is 2.05. The third kappa shape index (κ3) is 3.24. The molecule has 0 atom stereocenters. The highest BCUT2D eigenvalue weighted by atomic mass is 35.5. The van der Waals surface area contributed by atoms with Crippen LogP contribution in [0.15, 0.2) is 42.5 Å². The van der Waals surface area contributed by atoms with Crippen LogP contribution in [-0.4, -0.2) is 0 Å². The Hall–Kier alpha value is -1.47. The van der Waals surface area contributed by atoms with Gasteiger partial charge in [0.1, 0.15) is 12.4 Å². The monoisotopic (exact) mass is 246 g/mol. The normalized spacial score (nSPS) is 10.3. The summed E-state index contributed by atoms with van der Waals surface area (Å²) in [6, 6.07) is 13.8. The van der Waals surface area contributed by atoms with Gasteiger partial charge in [0, 0.05) is 5.02 Å². The van der Waals surface area contributed by atoms with Crippen molar-refractivity contribution in [1.82, 2.24) is 0 Å². The zero-order valence-corrected chi connectivity index (χ0v) is 10.8. The molecule has 0 aliphatic rings. The molecule has 0 N–H and O–H groups in total. The summed E-state index contributed by atoms with van der Waals surface area (Å²) >= 11 is 5.89. The summed E-state index contributed by atoms with van der Waals surface area (Å²) in [5.74, 6) is 0.802. The molecular formula is C15H15ClO. The first-order chi connectivity index (χ1) is 8.15. The van der Waals surface area contributed by atoms with E-state index < -0.39 is 0 Å². The van der Waals surface area contributed by atoms with Gasteiger partial charge in [-0.25, -0.2) is 0 Å². The first-order valence-corrected chi connectivity index (χ1v) is 5.97. The van der Waals surface area contributed by atoms with Gasteiger partial charge in [-0.3, -0.25) is 0 Å². The Morgan fingerprint density at radius 2 is 1.82 bits per heavy atom. The molecule has 0 aromatic heterocycles. The van der Waals surface area contributed by atoms with Gasteiger partial charge in [-0.15, -0.1) is 0 Å². The van der Waals surface area contributed by atoms with E-state index in [1.165, 1.54) is 16.7 Å². The predicted octanol–water partition coefficient (Wildman–Crippen LogP) is 4.54. The van der Waals surface area contributed by atoms with Gasteiger partial charge in [0.2, 0.25) is 0 Å². The summed E-state index contributed by atoms with van der Waals surface area (Å²) < 4.78 is 5.68. The second kappa shape index (κ2) is 5.24. The number of hydrogen-bond donors (Lipinski definition) is 0. The van der Waals surface area contributed by atoms with Gasteiger partial charge in [-0.1, -0.05) is 35.9 Å². The first-order valence-electron chi connectivity index (χ1n) is 5.59. The minimum atomic E-state index is 0.571. The number of aryl methyl sites for hydroxylation is 2. The Morgan fingerprint density at radius 1 is 1.00 bits per heavy atom. The van der Waals surface area contributed by atoms with E-state index >= 15 is 0 Å². The van der Waals surface area contributed by atoms with Crippen molar-refractivity contribution < 1.29 is 4.74 Å². The zero-order valence-electron chi connectivity index (χ0n) is 10.0. The predicted molar refractivity (Wildman–Crippen MR) is 71.7 cm³/mol. The van der Waals surface area contributed by atoms with E-state index in [-0.39, 0.29) is 0 Å². The largest absolute Gasteiger partial charge is 0.489 e. The van der Waals surface area contributed by atoms with E-state index in [4.69, 9.17) is 16.3 Å². The molecule has 0 saturated carbocycles. The van der Waals surface area contributed by atoms with Crippen molar-refractivity contribution >= 4 is 11.6 Å². The lowest BCUT2D eigenvalue weighted by atomic mass is 10.1. The fraction of sp³-hybridized carbons (Fsp3) is 0.200. The second-order valence-corrected chi connectivity index (χ2v) is 4.60. The average molecular weight is 247 g/mol. The van der Waals surface area contributed by atoms with E-state index in [0.717, 1.165) is 5.75 Å². The van der Waals surface area contributed by atoms with Crippen LogP contribution in [0.1, 0.15) is 16.7 Å². The lowest BCUT2D eigenvalue weighted by Gasteiger charge is -2.08. The van der Waals surface area contributed by atoms with Crippen molar-refractivity contribution in [2.75, 3.05) is 0 Å². The molecule has 88 valence electrons. The molecule has 0 radical (unpaired) electrons. The molecule has 0 fully saturated rings. The maximum Gasteiger partial charge on any atom is 0.121 e. The van der Waals surface area contributed by atoms with Crippen LogP contribution < -0.4 is 4.74 Å². The van der Waals surface area contributed by atoms with Crippen LogP contribution in [0.2, 0.25) is 5.02 Å². The van der Waals surface area contributed by atoms with Crippen molar-refractivity contribution in [3.8, 4) is 5.75 Å². The van der Waals surface area contributed by atoms with E-state index in [2.05, 4.69) is 32.0 Å². The zero-order chi connectivity index (χ0) is 12.3. The van der Waals surface area contributed by atoms with Crippen molar-refractivity contribution in [2.45, 2.75) is 20.5 Å². The summed E-state index contributed by atoms with van der Waals surface area (Å²) in [4.78, 5) is 0. The van der Waals surface area contributed by atoms with Crippen LogP contribution in [0.25, 0.3) is 0 Å². The standard InChI is InChI=1S/C15H15ClO/c1-11-6-7-13(8-12(11)2)10-17-15-5-3-4-14(16)9-15/h3-9H,10H2,1-2H3. The van der Waals surface area contributed by atoms with Crippen LogP contribution in [0.5, 0.6) is 5.75 Å². The topological polar surface area (TPSA) is 9.23 Å². The fourth-order valence-corrected chi connectivity index (χ4v) is 1.80. The van der Waals surface area contributed by atoms with Crippen molar-refractivity contribution in [3.63, 3.8) is 0 Å². The Bertz CT molecular complexity index is 520. The highest BCUT2D eigenvalue weighted by Crippen LogP contribution is 2.19. The van der Waals surface area contributed by atoms with Crippen LogP contribution in [-0.2, 0) is 6.61 Å². The molecule has 1 nitrogen and oxygen atoms in total. The van der Waals surface area contributed by atoms with Gasteiger partial charge in [0.05, 0.1) is 0 Å². The van der Waals surface area contributed by atoms with Gasteiger partial charge in [-0.05, 0) is 48.7 Å². The average Bonchev–Trinajstić information content (AvgIpc) is 2.31. The molecule has 2 aromatic carbocycles. The molecule has 0 amide bonds. The smallest absolute Gasteiger partial charge is 0.121 e. The quantitative estimate of drug-likeness (QED) is 0.773. The third-order valence-electron chi connectivity index (χ3n) is 2.77. The Kier molecular flexibility index (Phi) is 3.70. The molecule has 0 aliphatic heterocycles. The van der Waals surface area contributed by atoms with Crippen molar-refractivity contribution in [1.29, 1.82) is 0 Å². The third-order valence-corrected chi connectivity index (χ3v) is 3.01. The first kappa shape index (κ1) is 12.0. The molecule has 0 saturated heterocycles. The maximum absolute atomic E-state index is 5.89. The molecular weight excluding hydrogens is 232 g/mol. The number of hydrogen-bond acceptors (Lipinski definition) is 1. The summed E-state index contributed by atoms with van der Waals surface area (Å²) in [7, 11) is 0. The van der Waals surface area contributed by atoms with Crippen molar-refractivity contribution in [3.05, 3.63) is 64.2 Å². The molecule has 0 spiro atoms. The molecule has 0 aliphatic carbocycles. The molecule has 2 heteroatoms. The molecule has 2 aromatic rings. The number of ether oxygens (including phenoxy) is 1. The van der Waals surface area contributed by atoms with Gasteiger partial charge in [0.25, 0.3) is 0 Å². The molecule has 2 rings (SSSR count). The fourth-order valence-electron chi connectivity index (χ4n) is 1.62. The van der Waals surface area contributed by atoms with Crippen LogP contribution in [0.3, 0.4) is 0 Å². The van der Waals surface area contributed by atoms with E-state index in [1.807, 2.05) is 24.3 Å². The molecule has 17 heavy (non-hydrogen) atoms. The van der Waals surface area contributed by atoms with E-state index in [9.17, 15) is 0 Å². The maximum atomic E-state index is 5.89. The van der Waals surface area contributed by atoms with Crippen LogP contribution >= 0.6 is 11.6 Å². The van der Waals surface area contributed by atoms with Crippen LogP contribution in [0.4, 0.5) is 0 Å². The van der Waals surface area contributed by atoms with Gasteiger partial charge in [0.15, 0.2) is 0 Å². The van der Waals surface area contributed by atoms with Gasteiger partial charge < -0.3 is 4.74 Å². The number of benzene rings is 2. The second-order valence-electron chi connectivity index (χ2n) is 4.16. The van der Waals surface area contributed by atoms with Crippen molar-refractivity contribution in [2.24, 2.45) is 0 Å². The minimum Gasteiger partial charge on any atom is -0.489 e. The Labute approximate surface area is 107 Å². The minimum absolute atomic E-state index is 0.571.